The van der Waals surface area contributed by atoms with Crippen LogP contribution in [-0.2, 0) is 16.1 Å². The molecule has 1 aliphatic heterocycles. The molecule has 2 amide bonds. The van der Waals surface area contributed by atoms with Crippen LogP contribution in [0.1, 0.15) is 24.2 Å². The standard InChI is InChI=1S/C15H21N3O3/c1-10-7-13(19)8-11(2)18(10)9-14(20)17-5-3-12(4-6-17)15(16)21/h7-8,12H,3-6,9H2,1-2H3,(H2,16,21). The van der Waals surface area contributed by atoms with Crippen molar-refractivity contribution in [3.8, 4) is 0 Å². The maximum absolute atomic E-state index is 12.3. The van der Waals surface area contributed by atoms with Crippen molar-refractivity contribution in [3.63, 3.8) is 0 Å². The van der Waals surface area contributed by atoms with Gasteiger partial charge in [-0.05, 0) is 26.7 Å². The number of piperidine rings is 1. The molecule has 0 unspecified atom stereocenters. The molecular formula is C15H21N3O3. The maximum Gasteiger partial charge on any atom is 0.242 e. The van der Waals surface area contributed by atoms with Crippen LogP contribution in [0, 0.1) is 19.8 Å². The highest BCUT2D eigenvalue weighted by Gasteiger charge is 2.26. The van der Waals surface area contributed by atoms with Crippen molar-refractivity contribution in [3.05, 3.63) is 33.7 Å². The number of pyridine rings is 1. The summed E-state index contributed by atoms with van der Waals surface area (Å²) in [5.41, 5.74) is 6.80. The van der Waals surface area contributed by atoms with Gasteiger partial charge in [0.2, 0.25) is 11.8 Å². The number of hydrogen-bond acceptors (Lipinski definition) is 3. The highest BCUT2D eigenvalue weighted by atomic mass is 16.2. The Bertz CT molecular complexity index is 587. The molecule has 1 aliphatic rings. The van der Waals surface area contributed by atoms with E-state index in [1.54, 1.807) is 4.90 Å². The van der Waals surface area contributed by atoms with Crippen molar-refractivity contribution in [1.29, 1.82) is 0 Å². The minimum atomic E-state index is -0.283. The van der Waals surface area contributed by atoms with Crippen LogP contribution in [0.3, 0.4) is 0 Å². The van der Waals surface area contributed by atoms with E-state index in [2.05, 4.69) is 0 Å². The van der Waals surface area contributed by atoms with E-state index < -0.39 is 0 Å². The fourth-order valence-corrected chi connectivity index (χ4v) is 2.79. The van der Waals surface area contributed by atoms with Crippen LogP contribution >= 0.6 is 0 Å². The van der Waals surface area contributed by atoms with Crippen LogP contribution in [0.4, 0.5) is 0 Å². The highest BCUT2D eigenvalue weighted by molar-refractivity contribution is 5.78. The molecule has 6 heteroatoms. The molecule has 21 heavy (non-hydrogen) atoms. The Hall–Kier alpha value is -2.11. The Balaban J connectivity index is 2.03. The van der Waals surface area contributed by atoms with Crippen molar-refractivity contribution in [1.82, 2.24) is 9.47 Å². The topological polar surface area (TPSA) is 85.4 Å². The number of likely N-dealkylation sites (tertiary alicyclic amines) is 1. The molecule has 0 saturated carbocycles. The Morgan fingerprint density at radius 3 is 2.19 bits per heavy atom. The van der Waals surface area contributed by atoms with E-state index >= 15 is 0 Å². The second-order valence-electron chi connectivity index (χ2n) is 5.62. The number of primary amides is 1. The summed E-state index contributed by atoms with van der Waals surface area (Å²) in [6.07, 6.45) is 1.26. The van der Waals surface area contributed by atoms with Crippen molar-refractivity contribution in [2.75, 3.05) is 13.1 Å². The summed E-state index contributed by atoms with van der Waals surface area (Å²) in [6.45, 7) is 4.98. The molecule has 1 saturated heterocycles. The maximum atomic E-state index is 12.3. The minimum absolute atomic E-state index is 0.00719. The molecule has 1 fully saturated rings. The van der Waals surface area contributed by atoms with E-state index in [0.717, 1.165) is 11.4 Å². The van der Waals surface area contributed by atoms with Gasteiger partial charge in [-0.3, -0.25) is 14.4 Å². The number of aryl methyl sites for hydroxylation is 2. The molecule has 114 valence electrons. The number of hydrogen-bond donors (Lipinski definition) is 1. The smallest absolute Gasteiger partial charge is 0.242 e. The predicted molar refractivity (Wildman–Crippen MR) is 78.7 cm³/mol. The lowest BCUT2D eigenvalue weighted by Gasteiger charge is -2.31. The Morgan fingerprint density at radius 1 is 1.19 bits per heavy atom. The normalized spacial score (nSPS) is 16.0. The Morgan fingerprint density at radius 2 is 1.71 bits per heavy atom. The zero-order valence-corrected chi connectivity index (χ0v) is 12.5. The summed E-state index contributed by atoms with van der Waals surface area (Å²) in [4.78, 5) is 36.6. The summed E-state index contributed by atoms with van der Waals surface area (Å²) in [5, 5.41) is 0. The van der Waals surface area contributed by atoms with Gasteiger partial charge in [0.1, 0.15) is 6.54 Å². The van der Waals surface area contributed by atoms with Gasteiger partial charge in [-0.2, -0.15) is 0 Å². The third-order valence-electron chi connectivity index (χ3n) is 4.10. The molecular weight excluding hydrogens is 270 g/mol. The third kappa shape index (κ3) is 3.51. The van der Waals surface area contributed by atoms with Gasteiger partial charge < -0.3 is 15.2 Å². The summed E-state index contributed by atoms with van der Waals surface area (Å²) >= 11 is 0. The quantitative estimate of drug-likeness (QED) is 0.862. The summed E-state index contributed by atoms with van der Waals surface area (Å²) in [7, 11) is 0. The monoisotopic (exact) mass is 291 g/mol. The fourth-order valence-electron chi connectivity index (χ4n) is 2.79. The van der Waals surface area contributed by atoms with Crippen molar-refractivity contribution in [2.24, 2.45) is 11.7 Å². The van der Waals surface area contributed by atoms with Crippen molar-refractivity contribution < 1.29 is 9.59 Å². The van der Waals surface area contributed by atoms with Gasteiger partial charge in [0.15, 0.2) is 5.43 Å². The number of rotatable bonds is 3. The molecule has 2 N–H and O–H groups in total. The average molecular weight is 291 g/mol. The highest BCUT2D eigenvalue weighted by Crippen LogP contribution is 2.17. The molecule has 1 aromatic rings. The molecule has 2 heterocycles. The van der Waals surface area contributed by atoms with E-state index in [0.29, 0.717) is 25.9 Å². The van der Waals surface area contributed by atoms with E-state index in [9.17, 15) is 14.4 Å². The van der Waals surface area contributed by atoms with Crippen molar-refractivity contribution in [2.45, 2.75) is 33.2 Å². The third-order valence-corrected chi connectivity index (χ3v) is 4.10. The summed E-state index contributed by atoms with van der Waals surface area (Å²) in [5.74, 6) is -0.396. The lowest BCUT2D eigenvalue weighted by molar-refractivity contribution is -0.135. The van der Waals surface area contributed by atoms with Crippen LogP contribution in [0.5, 0.6) is 0 Å². The van der Waals surface area contributed by atoms with E-state index in [1.807, 2.05) is 18.4 Å². The molecule has 0 aromatic carbocycles. The number of carbonyl (C=O) groups is 2. The lowest BCUT2D eigenvalue weighted by Crippen LogP contribution is -2.43. The molecule has 0 bridgehead atoms. The summed E-state index contributed by atoms with van der Waals surface area (Å²) < 4.78 is 1.84. The van der Waals surface area contributed by atoms with E-state index in [1.165, 1.54) is 12.1 Å². The SMILES string of the molecule is Cc1cc(=O)cc(C)n1CC(=O)N1CCC(C(N)=O)CC1. The van der Waals surface area contributed by atoms with Crippen LogP contribution in [0.2, 0.25) is 0 Å². The van der Waals surface area contributed by atoms with E-state index in [-0.39, 0.29) is 29.7 Å². The van der Waals surface area contributed by atoms with E-state index in [4.69, 9.17) is 5.73 Å². The van der Waals surface area contributed by atoms with Gasteiger partial charge in [-0.15, -0.1) is 0 Å². The first-order valence-electron chi connectivity index (χ1n) is 7.13. The Kier molecular flexibility index (Phi) is 4.45. The largest absolute Gasteiger partial charge is 0.369 e. The molecule has 1 aromatic heterocycles. The van der Waals surface area contributed by atoms with Crippen LogP contribution < -0.4 is 11.2 Å². The molecule has 0 radical (unpaired) electrons. The first kappa shape index (κ1) is 15.3. The zero-order valence-electron chi connectivity index (χ0n) is 12.5. The lowest BCUT2D eigenvalue weighted by atomic mass is 9.96. The zero-order chi connectivity index (χ0) is 15.6. The van der Waals surface area contributed by atoms with Crippen LogP contribution in [0.25, 0.3) is 0 Å². The first-order valence-corrected chi connectivity index (χ1v) is 7.13. The van der Waals surface area contributed by atoms with Gasteiger partial charge in [-0.25, -0.2) is 0 Å². The Labute approximate surface area is 123 Å². The number of carbonyl (C=O) groups excluding carboxylic acids is 2. The molecule has 2 rings (SSSR count). The van der Waals surface area contributed by atoms with Gasteiger partial charge in [-0.1, -0.05) is 0 Å². The minimum Gasteiger partial charge on any atom is -0.369 e. The molecule has 0 atom stereocenters. The fraction of sp³-hybridized carbons (Fsp3) is 0.533. The average Bonchev–Trinajstić information content (AvgIpc) is 2.42. The second-order valence-corrected chi connectivity index (χ2v) is 5.62. The van der Waals surface area contributed by atoms with Crippen molar-refractivity contribution >= 4 is 11.8 Å². The van der Waals surface area contributed by atoms with Crippen LogP contribution in [-0.4, -0.2) is 34.4 Å². The number of nitrogens with two attached hydrogens (primary N) is 1. The molecule has 0 aliphatic carbocycles. The predicted octanol–water partition coefficient (Wildman–Crippen LogP) is 0.189. The first-order chi connectivity index (χ1) is 9.88. The second kappa shape index (κ2) is 6.11. The number of amides is 2. The number of nitrogens with zero attached hydrogens (tertiary/aromatic N) is 2. The van der Waals surface area contributed by atoms with Gasteiger partial charge in [0.05, 0.1) is 0 Å². The van der Waals surface area contributed by atoms with Gasteiger partial charge >= 0.3 is 0 Å². The molecule has 6 nitrogen and oxygen atoms in total. The van der Waals surface area contributed by atoms with Gasteiger partial charge in [0, 0.05) is 42.5 Å². The van der Waals surface area contributed by atoms with Crippen LogP contribution in [0.15, 0.2) is 16.9 Å². The summed E-state index contributed by atoms with van der Waals surface area (Å²) in [6, 6.07) is 3.05. The molecule has 0 spiro atoms. The number of aromatic nitrogens is 1. The van der Waals surface area contributed by atoms with Gasteiger partial charge in [0.25, 0.3) is 0 Å².